The third-order valence-corrected chi connectivity index (χ3v) is 2.82. The van der Waals surface area contributed by atoms with Crippen molar-refractivity contribution in [1.29, 1.82) is 0 Å². The van der Waals surface area contributed by atoms with Crippen molar-refractivity contribution >= 4 is 0 Å². The first-order valence-electron chi connectivity index (χ1n) is 8.84. The molecule has 0 saturated heterocycles. The van der Waals surface area contributed by atoms with Crippen LogP contribution in [-0.2, 0) is 29.8 Å². The van der Waals surface area contributed by atoms with Crippen molar-refractivity contribution in [1.82, 2.24) is 39.1 Å². The molecule has 0 unspecified atom stereocenters. The van der Waals surface area contributed by atoms with Crippen molar-refractivity contribution in [2.24, 2.45) is 0 Å². The van der Waals surface area contributed by atoms with Crippen molar-refractivity contribution in [3.05, 3.63) is 73.8 Å². The van der Waals surface area contributed by atoms with E-state index < -0.39 is 0 Å². The molecule has 29 heavy (non-hydrogen) atoms. The third-order valence-electron chi connectivity index (χ3n) is 2.82. The summed E-state index contributed by atoms with van der Waals surface area (Å²) in [6, 6.07) is 7.57. The quantitative estimate of drug-likeness (QED) is 0.455. The van der Waals surface area contributed by atoms with Crippen LogP contribution in [0.4, 0.5) is 0 Å². The maximum atomic E-state index is 7.57. The second-order valence-corrected chi connectivity index (χ2v) is 5.10. The molecule has 0 aliphatic heterocycles. The minimum Gasteiger partial charge on any atom is -0.397 e. The summed E-state index contributed by atoms with van der Waals surface area (Å²) < 4.78 is 7.25. The number of aromatic nitrogens is 8. The van der Waals surface area contributed by atoms with Crippen LogP contribution in [-0.4, -0.2) is 62.5 Å². The Morgan fingerprint density at radius 2 is 0.759 bits per heavy atom. The Labute approximate surface area is 180 Å². The molecular weight excluding hydrogens is 419 g/mol. The zero-order valence-corrected chi connectivity index (χ0v) is 17.5. The molecule has 0 spiro atoms. The number of aliphatic hydroxyl groups excluding tert-OH is 2. The van der Waals surface area contributed by atoms with Gasteiger partial charge in [-0.1, -0.05) is 0 Å². The maximum absolute atomic E-state index is 7.57. The average molecular weight is 447 g/mol. The average Bonchev–Trinajstić information content (AvgIpc) is 3.48. The van der Waals surface area contributed by atoms with Crippen LogP contribution in [0.3, 0.4) is 0 Å². The van der Waals surface area contributed by atoms with Crippen LogP contribution in [0.2, 0.25) is 0 Å². The third kappa shape index (κ3) is 12.3. The molecule has 0 atom stereocenters. The zero-order chi connectivity index (χ0) is 20.5. The normalized spacial score (nSPS) is 8.97. The summed E-state index contributed by atoms with van der Waals surface area (Å²) in [5, 5.41) is 31.3. The van der Waals surface area contributed by atoms with Gasteiger partial charge in [-0.15, -0.1) is 0 Å². The molecule has 10 nitrogen and oxygen atoms in total. The van der Waals surface area contributed by atoms with E-state index in [2.05, 4.69) is 20.4 Å². The number of hydrogen-bond donors (Lipinski definition) is 2. The smallest absolute Gasteiger partial charge is 0.397 e. The van der Waals surface area contributed by atoms with Gasteiger partial charge in [0.2, 0.25) is 0 Å². The second-order valence-electron chi connectivity index (χ2n) is 5.10. The number of aliphatic hydroxyl groups is 2. The van der Waals surface area contributed by atoms with Gasteiger partial charge in [-0.25, -0.2) is 0 Å². The van der Waals surface area contributed by atoms with Crippen molar-refractivity contribution in [3.8, 4) is 0 Å². The van der Waals surface area contributed by atoms with Crippen molar-refractivity contribution in [3.63, 3.8) is 0 Å². The molecule has 160 valence electrons. The molecule has 11 heteroatoms. The minimum absolute atomic E-state index is 0. The summed E-state index contributed by atoms with van der Waals surface area (Å²) in [6.07, 6.45) is 14.6. The molecule has 0 aliphatic carbocycles. The van der Waals surface area contributed by atoms with Crippen LogP contribution >= 0.6 is 0 Å². The van der Waals surface area contributed by atoms with E-state index >= 15 is 0 Å². The SMILES string of the molecule is CCO.CCO.[Ni+2].c1cnn(Cn2cccn2)c1.c1cnn(Cn2cccn2)c1. The monoisotopic (exact) mass is 446 g/mol. The topological polar surface area (TPSA) is 112 Å². The molecule has 4 aromatic rings. The number of hydrogen-bond acceptors (Lipinski definition) is 6. The van der Waals surface area contributed by atoms with Crippen molar-refractivity contribution < 1.29 is 26.7 Å². The Kier molecular flexibility index (Phi) is 15.7. The molecule has 0 aromatic carbocycles. The molecule has 0 saturated carbocycles. The van der Waals surface area contributed by atoms with Gasteiger partial charge in [0.25, 0.3) is 0 Å². The van der Waals surface area contributed by atoms with Gasteiger partial charge in [0.05, 0.1) is 0 Å². The molecular formula is C18H28N8NiO2+2. The Balaban J connectivity index is 0.000000416. The summed E-state index contributed by atoms with van der Waals surface area (Å²) in [4.78, 5) is 0. The van der Waals surface area contributed by atoms with Gasteiger partial charge in [0, 0.05) is 62.8 Å². The fraction of sp³-hybridized carbons (Fsp3) is 0.333. The summed E-state index contributed by atoms with van der Waals surface area (Å²) in [5.41, 5.74) is 0. The van der Waals surface area contributed by atoms with Crippen molar-refractivity contribution in [2.75, 3.05) is 13.2 Å². The maximum Gasteiger partial charge on any atom is 2.00 e. The summed E-state index contributed by atoms with van der Waals surface area (Å²) in [7, 11) is 0. The van der Waals surface area contributed by atoms with Gasteiger partial charge >= 0.3 is 16.5 Å². The van der Waals surface area contributed by atoms with Gasteiger partial charge in [-0.3, -0.25) is 18.7 Å². The van der Waals surface area contributed by atoms with E-state index in [1.54, 1.807) is 38.6 Å². The molecule has 4 rings (SSSR count). The van der Waals surface area contributed by atoms with Crippen LogP contribution in [0.5, 0.6) is 0 Å². The van der Waals surface area contributed by atoms with E-state index in [0.29, 0.717) is 13.3 Å². The first-order chi connectivity index (χ1) is 13.7. The van der Waals surface area contributed by atoms with Gasteiger partial charge in [0.1, 0.15) is 13.3 Å². The number of nitrogens with zero attached hydrogens (tertiary/aromatic N) is 8. The largest absolute Gasteiger partial charge is 2.00 e. The van der Waals surface area contributed by atoms with Gasteiger partial charge in [-0.2, -0.15) is 20.4 Å². The standard InChI is InChI=1S/2C7H8N4.2C2H6O.Ni/c2*1-3-8-10(5-1)7-11-6-2-4-9-11;2*1-2-3;/h2*1-6H,7H2;2*3H,2H2,1H3;/q;;;;+2. The zero-order valence-electron chi connectivity index (χ0n) is 16.5. The van der Waals surface area contributed by atoms with Crippen LogP contribution in [0, 0.1) is 0 Å². The van der Waals surface area contributed by atoms with E-state index in [4.69, 9.17) is 10.2 Å². The van der Waals surface area contributed by atoms with Crippen LogP contribution in [0.25, 0.3) is 0 Å². The fourth-order valence-electron chi connectivity index (χ4n) is 1.83. The predicted octanol–water partition coefficient (Wildman–Crippen LogP) is 1.17. The molecule has 4 aromatic heterocycles. The molecule has 0 bridgehead atoms. The van der Waals surface area contributed by atoms with Crippen LogP contribution < -0.4 is 0 Å². The molecule has 4 heterocycles. The summed E-state index contributed by atoms with van der Waals surface area (Å²) in [6.45, 7) is 5.22. The Morgan fingerprint density at radius 1 is 0.552 bits per heavy atom. The van der Waals surface area contributed by atoms with E-state index in [1.807, 2.05) is 67.8 Å². The summed E-state index contributed by atoms with van der Waals surface area (Å²) in [5.74, 6) is 0. The molecule has 2 N–H and O–H groups in total. The minimum atomic E-state index is 0. The first-order valence-corrected chi connectivity index (χ1v) is 8.84. The Hall–Kier alpha value is -2.75. The van der Waals surface area contributed by atoms with E-state index in [1.165, 1.54) is 0 Å². The number of rotatable bonds is 4. The van der Waals surface area contributed by atoms with E-state index in [9.17, 15) is 0 Å². The van der Waals surface area contributed by atoms with Gasteiger partial charge < -0.3 is 10.2 Å². The Morgan fingerprint density at radius 3 is 0.897 bits per heavy atom. The van der Waals surface area contributed by atoms with E-state index in [0.717, 1.165) is 0 Å². The fourth-order valence-corrected chi connectivity index (χ4v) is 1.83. The molecule has 0 amide bonds. The van der Waals surface area contributed by atoms with E-state index in [-0.39, 0.29) is 29.7 Å². The van der Waals surface area contributed by atoms with Crippen LogP contribution in [0.1, 0.15) is 13.8 Å². The second kappa shape index (κ2) is 17.4. The van der Waals surface area contributed by atoms with Crippen molar-refractivity contribution in [2.45, 2.75) is 27.2 Å². The molecule has 0 fully saturated rings. The molecule has 0 radical (unpaired) electrons. The molecule has 0 aliphatic rings. The predicted molar refractivity (Wildman–Crippen MR) is 105 cm³/mol. The Bertz CT molecular complexity index is 639. The first kappa shape index (κ1) is 26.3. The van der Waals surface area contributed by atoms with Crippen LogP contribution in [0.15, 0.2) is 73.8 Å². The van der Waals surface area contributed by atoms with Gasteiger partial charge in [-0.05, 0) is 38.1 Å². The van der Waals surface area contributed by atoms with Gasteiger partial charge in [0.15, 0.2) is 0 Å². The summed E-state index contributed by atoms with van der Waals surface area (Å²) >= 11 is 0.